The van der Waals surface area contributed by atoms with Gasteiger partial charge in [0.2, 0.25) is 0 Å². The molecule has 0 bridgehead atoms. The lowest BCUT2D eigenvalue weighted by Gasteiger charge is -2.07. The predicted molar refractivity (Wildman–Crippen MR) is 74.6 cm³/mol. The van der Waals surface area contributed by atoms with E-state index >= 15 is 0 Å². The highest BCUT2D eigenvalue weighted by Gasteiger charge is 2.05. The van der Waals surface area contributed by atoms with Crippen molar-refractivity contribution in [3.63, 3.8) is 0 Å². The number of aromatic amines is 1. The molecule has 1 aromatic carbocycles. The number of nitriles is 1. The number of nitrogens with one attached hydrogen (secondary N) is 2. The van der Waals surface area contributed by atoms with Gasteiger partial charge in [-0.05, 0) is 29.8 Å². The third-order valence-electron chi connectivity index (χ3n) is 3.05. The van der Waals surface area contributed by atoms with Crippen LogP contribution in [0.1, 0.15) is 11.1 Å². The Morgan fingerprint density at radius 1 is 1.21 bits per heavy atom. The Hall–Kier alpha value is -2.80. The first kappa shape index (κ1) is 11.3. The molecule has 2 heterocycles. The van der Waals surface area contributed by atoms with Crippen molar-refractivity contribution in [2.24, 2.45) is 0 Å². The predicted octanol–water partition coefficient (Wildman–Crippen LogP) is 3.05. The maximum Gasteiger partial charge on any atom is 0.137 e. The summed E-state index contributed by atoms with van der Waals surface area (Å²) in [6.07, 6.45) is 3.71. The Morgan fingerprint density at radius 2 is 2.11 bits per heavy atom. The van der Waals surface area contributed by atoms with E-state index in [9.17, 15) is 0 Å². The summed E-state index contributed by atoms with van der Waals surface area (Å²) >= 11 is 0. The molecular weight excluding hydrogens is 236 g/mol. The van der Waals surface area contributed by atoms with Crippen LogP contribution in [0, 0.1) is 11.3 Å². The van der Waals surface area contributed by atoms with Gasteiger partial charge in [-0.25, -0.2) is 4.98 Å². The highest BCUT2D eigenvalue weighted by atomic mass is 14.9. The van der Waals surface area contributed by atoms with Gasteiger partial charge in [0.15, 0.2) is 0 Å². The van der Waals surface area contributed by atoms with E-state index in [-0.39, 0.29) is 0 Å². The first-order chi connectivity index (χ1) is 9.38. The zero-order valence-electron chi connectivity index (χ0n) is 10.2. The number of aromatic nitrogens is 2. The minimum Gasteiger partial charge on any atom is -0.380 e. The second-order valence-electron chi connectivity index (χ2n) is 4.22. The largest absolute Gasteiger partial charge is 0.380 e. The van der Waals surface area contributed by atoms with E-state index in [0.29, 0.717) is 12.1 Å². The third kappa shape index (κ3) is 2.14. The van der Waals surface area contributed by atoms with E-state index in [1.54, 1.807) is 12.3 Å². The van der Waals surface area contributed by atoms with Crippen LogP contribution in [0.25, 0.3) is 11.0 Å². The number of nitrogens with zero attached hydrogens (tertiary/aromatic N) is 2. The average Bonchev–Trinajstić information content (AvgIpc) is 2.89. The van der Waals surface area contributed by atoms with Crippen molar-refractivity contribution in [3.8, 4) is 6.07 Å². The summed E-state index contributed by atoms with van der Waals surface area (Å²) in [5.74, 6) is 0. The van der Waals surface area contributed by atoms with Crippen LogP contribution in [-0.2, 0) is 6.54 Å². The molecule has 4 heteroatoms. The van der Waals surface area contributed by atoms with Crippen LogP contribution < -0.4 is 5.32 Å². The smallest absolute Gasteiger partial charge is 0.137 e. The number of H-pyrrole nitrogens is 1. The molecule has 3 rings (SSSR count). The topological polar surface area (TPSA) is 64.5 Å². The number of para-hydroxylation sites is 1. The van der Waals surface area contributed by atoms with Gasteiger partial charge in [0.25, 0.3) is 0 Å². The van der Waals surface area contributed by atoms with Crippen molar-refractivity contribution in [1.82, 2.24) is 9.97 Å². The fourth-order valence-corrected chi connectivity index (χ4v) is 2.08. The van der Waals surface area contributed by atoms with Crippen molar-refractivity contribution in [3.05, 3.63) is 59.9 Å². The summed E-state index contributed by atoms with van der Waals surface area (Å²) in [5, 5.41) is 13.4. The van der Waals surface area contributed by atoms with Gasteiger partial charge in [0.05, 0.1) is 11.3 Å². The first-order valence-electron chi connectivity index (χ1n) is 6.02. The standard InChI is InChI=1S/C15H12N4/c16-8-11-4-1-2-6-14(11)18-9-12-10-19-15-13(12)5-3-7-17-15/h1-7,10,18H,9H2,(H,17,19). The zero-order valence-corrected chi connectivity index (χ0v) is 10.2. The fourth-order valence-electron chi connectivity index (χ4n) is 2.08. The Kier molecular flexibility index (Phi) is 2.87. The van der Waals surface area contributed by atoms with Crippen molar-refractivity contribution in [2.45, 2.75) is 6.54 Å². The van der Waals surface area contributed by atoms with Crippen LogP contribution in [-0.4, -0.2) is 9.97 Å². The van der Waals surface area contributed by atoms with Crippen LogP contribution >= 0.6 is 0 Å². The summed E-state index contributed by atoms with van der Waals surface area (Å²) in [7, 11) is 0. The maximum absolute atomic E-state index is 9.04. The van der Waals surface area contributed by atoms with Crippen molar-refractivity contribution < 1.29 is 0 Å². The van der Waals surface area contributed by atoms with E-state index in [2.05, 4.69) is 21.4 Å². The fraction of sp³-hybridized carbons (Fsp3) is 0.0667. The number of benzene rings is 1. The lowest BCUT2D eigenvalue weighted by Crippen LogP contribution is -2.00. The van der Waals surface area contributed by atoms with Crippen LogP contribution in [0.5, 0.6) is 0 Å². The summed E-state index contributed by atoms with van der Waals surface area (Å²) in [6, 6.07) is 13.6. The molecule has 0 aliphatic heterocycles. The molecule has 0 aliphatic carbocycles. The van der Waals surface area contributed by atoms with Crippen LogP contribution in [0.2, 0.25) is 0 Å². The molecule has 0 aliphatic rings. The SMILES string of the molecule is N#Cc1ccccc1NCc1c[nH]c2ncccc12. The van der Waals surface area contributed by atoms with Crippen LogP contribution in [0.3, 0.4) is 0 Å². The van der Waals surface area contributed by atoms with Crippen molar-refractivity contribution in [1.29, 1.82) is 5.26 Å². The minimum absolute atomic E-state index is 0.653. The molecule has 0 radical (unpaired) electrons. The normalized spacial score (nSPS) is 10.3. The summed E-state index contributed by atoms with van der Waals surface area (Å²) in [5.41, 5.74) is 3.52. The molecule has 0 atom stereocenters. The van der Waals surface area contributed by atoms with Gasteiger partial charge in [-0.15, -0.1) is 0 Å². The van der Waals surface area contributed by atoms with Crippen LogP contribution in [0.4, 0.5) is 5.69 Å². The Bertz CT molecular complexity index is 752. The van der Waals surface area contributed by atoms with E-state index in [0.717, 1.165) is 22.3 Å². The van der Waals surface area contributed by atoms with Gasteiger partial charge in [0.1, 0.15) is 11.7 Å². The zero-order chi connectivity index (χ0) is 13.1. The van der Waals surface area contributed by atoms with Gasteiger partial charge >= 0.3 is 0 Å². The summed E-state index contributed by atoms with van der Waals surface area (Å²) in [4.78, 5) is 7.39. The second kappa shape index (κ2) is 4.83. The Morgan fingerprint density at radius 3 is 3.00 bits per heavy atom. The molecule has 2 N–H and O–H groups in total. The molecule has 92 valence electrons. The van der Waals surface area contributed by atoms with E-state index in [1.165, 1.54) is 0 Å². The number of hydrogen-bond donors (Lipinski definition) is 2. The maximum atomic E-state index is 9.04. The minimum atomic E-state index is 0.653. The lowest BCUT2D eigenvalue weighted by molar-refractivity contribution is 1.16. The summed E-state index contributed by atoms with van der Waals surface area (Å²) < 4.78 is 0. The van der Waals surface area contributed by atoms with Crippen molar-refractivity contribution >= 4 is 16.7 Å². The van der Waals surface area contributed by atoms with Gasteiger partial charge < -0.3 is 10.3 Å². The van der Waals surface area contributed by atoms with Gasteiger partial charge in [-0.3, -0.25) is 0 Å². The number of fused-ring (bicyclic) bond motifs is 1. The molecule has 0 unspecified atom stereocenters. The third-order valence-corrected chi connectivity index (χ3v) is 3.05. The molecular formula is C15H12N4. The molecule has 0 saturated carbocycles. The molecule has 0 saturated heterocycles. The Labute approximate surface area is 110 Å². The lowest BCUT2D eigenvalue weighted by atomic mass is 10.1. The molecule has 3 aromatic rings. The molecule has 0 spiro atoms. The van der Waals surface area contributed by atoms with Crippen molar-refractivity contribution in [2.75, 3.05) is 5.32 Å². The quantitative estimate of drug-likeness (QED) is 0.748. The molecule has 19 heavy (non-hydrogen) atoms. The van der Waals surface area contributed by atoms with Gasteiger partial charge in [0, 0.05) is 24.3 Å². The Balaban J connectivity index is 1.85. The van der Waals surface area contributed by atoms with Gasteiger partial charge in [-0.1, -0.05) is 12.1 Å². The molecule has 4 nitrogen and oxygen atoms in total. The number of anilines is 1. The monoisotopic (exact) mass is 248 g/mol. The number of hydrogen-bond acceptors (Lipinski definition) is 3. The number of pyridine rings is 1. The molecule has 2 aromatic heterocycles. The van der Waals surface area contributed by atoms with Gasteiger partial charge in [-0.2, -0.15) is 5.26 Å². The highest BCUT2D eigenvalue weighted by molar-refractivity contribution is 5.79. The first-order valence-corrected chi connectivity index (χ1v) is 6.02. The van der Waals surface area contributed by atoms with E-state index < -0.39 is 0 Å². The van der Waals surface area contributed by atoms with E-state index in [4.69, 9.17) is 5.26 Å². The highest BCUT2D eigenvalue weighted by Crippen LogP contribution is 2.19. The van der Waals surface area contributed by atoms with E-state index in [1.807, 2.05) is 36.5 Å². The number of rotatable bonds is 3. The second-order valence-corrected chi connectivity index (χ2v) is 4.22. The van der Waals surface area contributed by atoms with Crippen LogP contribution in [0.15, 0.2) is 48.8 Å². The molecule has 0 fully saturated rings. The average molecular weight is 248 g/mol. The summed E-state index contributed by atoms with van der Waals surface area (Å²) in [6.45, 7) is 0.657. The molecule has 0 amide bonds.